The molecule has 2 amide bonds. The molecule has 2 aromatic rings. The van der Waals surface area contributed by atoms with Crippen LogP contribution in [-0.4, -0.2) is 48.8 Å². The molecule has 0 aromatic heterocycles. The summed E-state index contributed by atoms with van der Waals surface area (Å²) in [6.45, 7) is 4.05. The Morgan fingerprint density at radius 1 is 1.13 bits per heavy atom. The summed E-state index contributed by atoms with van der Waals surface area (Å²) in [5, 5.41) is 14.8. The van der Waals surface area contributed by atoms with Crippen molar-refractivity contribution in [3.63, 3.8) is 0 Å². The van der Waals surface area contributed by atoms with Crippen LogP contribution in [0.5, 0.6) is 0 Å². The number of ether oxygens (including phenoxy) is 1. The molecular formula is C22H28FN3O4S. The highest BCUT2D eigenvalue weighted by molar-refractivity contribution is 7.97. The van der Waals surface area contributed by atoms with E-state index in [1.54, 1.807) is 12.1 Å². The molecular weight excluding hydrogens is 421 g/mol. The van der Waals surface area contributed by atoms with Crippen molar-refractivity contribution in [1.29, 1.82) is 0 Å². The summed E-state index contributed by atoms with van der Waals surface area (Å²) < 4.78 is 21.3. The first-order valence-corrected chi connectivity index (χ1v) is 10.6. The van der Waals surface area contributed by atoms with Crippen molar-refractivity contribution in [2.75, 3.05) is 25.6 Å². The van der Waals surface area contributed by atoms with Gasteiger partial charge in [-0.2, -0.15) is 0 Å². The molecule has 2 rings (SSSR count). The van der Waals surface area contributed by atoms with Gasteiger partial charge in [0.15, 0.2) is 0 Å². The Morgan fingerprint density at radius 2 is 1.77 bits per heavy atom. The molecule has 1 atom stereocenters. The Kier molecular flexibility index (Phi) is 9.44. The molecule has 168 valence electrons. The van der Waals surface area contributed by atoms with Crippen LogP contribution in [-0.2, 0) is 9.53 Å². The Bertz CT molecular complexity index is 860. The number of aliphatic hydroxyl groups excluding tert-OH is 1. The lowest BCUT2D eigenvalue weighted by Gasteiger charge is -2.22. The van der Waals surface area contributed by atoms with Gasteiger partial charge in [0.1, 0.15) is 11.9 Å². The minimum absolute atomic E-state index is 0.000641. The number of hydrogen-bond donors (Lipinski definition) is 4. The van der Waals surface area contributed by atoms with Crippen LogP contribution < -0.4 is 15.4 Å². The number of amides is 2. The fourth-order valence-electron chi connectivity index (χ4n) is 2.41. The van der Waals surface area contributed by atoms with Crippen molar-refractivity contribution in [2.45, 2.75) is 36.7 Å². The minimum Gasteiger partial charge on any atom is -0.394 e. The SMILES string of the molecule is COCCC(NC(=O)c1ccc(F)cc1)C(=O)Nc1ccc(SNC(C)(C)CO)cc1. The second kappa shape index (κ2) is 11.8. The first-order valence-electron chi connectivity index (χ1n) is 9.75. The zero-order valence-corrected chi connectivity index (χ0v) is 18.6. The number of nitrogens with one attached hydrogen (secondary N) is 3. The molecule has 1 unspecified atom stereocenters. The molecule has 0 heterocycles. The number of carbonyl (C=O) groups excluding carboxylic acids is 2. The fourth-order valence-corrected chi connectivity index (χ4v) is 3.14. The van der Waals surface area contributed by atoms with E-state index in [0.29, 0.717) is 5.69 Å². The lowest BCUT2D eigenvalue weighted by molar-refractivity contribution is -0.118. The average molecular weight is 450 g/mol. The summed E-state index contributed by atoms with van der Waals surface area (Å²) in [6, 6.07) is 11.5. The minimum atomic E-state index is -0.821. The molecule has 0 fully saturated rings. The summed E-state index contributed by atoms with van der Waals surface area (Å²) in [4.78, 5) is 26.1. The quantitative estimate of drug-likeness (QED) is 0.394. The Balaban J connectivity index is 1.99. The number of rotatable bonds is 11. The van der Waals surface area contributed by atoms with Gasteiger partial charge in [0.2, 0.25) is 5.91 Å². The van der Waals surface area contributed by atoms with Crippen molar-refractivity contribution in [3.05, 3.63) is 59.9 Å². The van der Waals surface area contributed by atoms with Crippen molar-refractivity contribution in [2.24, 2.45) is 0 Å². The predicted molar refractivity (Wildman–Crippen MR) is 119 cm³/mol. The summed E-state index contributed by atoms with van der Waals surface area (Å²) in [5.41, 5.74) is 0.417. The Hall–Kier alpha value is -2.46. The molecule has 0 bridgehead atoms. The molecule has 2 aromatic carbocycles. The lowest BCUT2D eigenvalue weighted by Crippen LogP contribution is -2.44. The Morgan fingerprint density at radius 3 is 2.35 bits per heavy atom. The number of methoxy groups -OCH3 is 1. The van der Waals surface area contributed by atoms with Gasteiger partial charge in [-0.3, -0.25) is 14.3 Å². The first kappa shape index (κ1) is 24.8. The molecule has 0 radical (unpaired) electrons. The van der Waals surface area contributed by atoms with Crippen molar-refractivity contribution in [1.82, 2.24) is 10.0 Å². The van der Waals surface area contributed by atoms with Crippen molar-refractivity contribution in [3.8, 4) is 0 Å². The van der Waals surface area contributed by atoms with Gasteiger partial charge in [-0.05, 0) is 80.7 Å². The van der Waals surface area contributed by atoms with E-state index in [-0.39, 0.29) is 31.1 Å². The number of hydrogen-bond acceptors (Lipinski definition) is 6. The zero-order valence-electron chi connectivity index (χ0n) is 17.8. The lowest BCUT2D eigenvalue weighted by atomic mass is 10.1. The van der Waals surface area contributed by atoms with Crippen LogP contribution in [0.2, 0.25) is 0 Å². The van der Waals surface area contributed by atoms with E-state index in [2.05, 4.69) is 15.4 Å². The number of aliphatic hydroxyl groups is 1. The first-order chi connectivity index (χ1) is 14.7. The maximum atomic E-state index is 13.1. The highest BCUT2D eigenvalue weighted by atomic mass is 32.2. The van der Waals surface area contributed by atoms with Gasteiger partial charge in [0.05, 0.1) is 6.61 Å². The largest absolute Gasteiger partial charge is 0.394 e. The van der Waals surface area contributed by atoms with Gasteiger partial charge in [-0.15, -0.1) is 0 Å². The molecule has 7 nitrogen and oxygen atoms in total. The highest BCUT2D eigenvalue weighted by Crippen LogP contribution is 2.20. The summed E-state index contributed by atoms with van der Waals surface area (Å²) in [5.74, 6) is -1.30. The molecule has 0 saturated heterocycles. The maximum absolute atomic E-state index is 13.1. The third-order valence-electron chi connectivity index (χ3n) is 4.30. The number of anilines is 1. The van der Waals surface area contributed by atoms with E-state index in [1.807, 2.05) is 26.0 Å². The van der Waals surface area contributed by atoms with E-state index < -0.39 is 23.3 Å². The molecule has 4 N–H and O–H groups in total. The van der Waals surface area contributed by atoms with Crippen LogP contribution in [0.1, 0.15) is 30.6 Å². The van der Waals surface area contributed by atoms with Crippen LogP contribution >= 0.6 is 11.9 Å². The van der Waals surface area contributed by atoms with Gasteiger partial charge in [0, 0.05) is 35.4 Å². The van der Waals surface area contributed by atoms with Crippen LogP contribution in [0, 0.1) is 5.82 Å². The van der Waals surface area contributed by atoms with Crippen LogP contribution in [0.4, 0.5) is 10.1 Å². The van der Waals surface area contributed by atoms with Gasteiger partial charge >= 0.3 is 0 Å². The van der Waals surface area contributed by atoms with Crippen molar-refractivity contribution >= 4 is 29.4 Å². The van der Waals surface area contributed by atoms with Crippen LogP contribution in [0.3, 0.4) is 0 Å². The summed E-state index contributed by atoms with van der Waals surface area (Å²) in [7, 11) is 1.51. The van der Waals surface area contributed by atoms with Gasteiger partial charge in [-0.25, -0.2) is 4.39 Å². The van der Waals surface area contributed by atoms with E-state index >= 15 is 0 Å². The monoisotopic (exact) mass is 449 g/mol. The number of benzene rings is 2. The standard InChI is InChI=1S/C22H28FN3O4S/c1-22(2,14-27)26-31-18-10-8-17(9-11-18)24-21(29)19(12-13-30-3)25-20(28)15-4-6-16(23)7-5-15/h4-11,19,26-27H,12-14H2,1-3H3,(H,24,29)(H,25,28). The molecule has 0 spiro atoms. The van der Waals surface area contributed by atoms with E-state index in [1.165, 1.54) is 43.3 Å². The zero-order chi connectivity index (χ0) is 22.9. The Labute approximate surface area is 185 Å². The summed E-state index contributed by atoms with van der Waals surface area (Å²) in [6.07, 6.45) is 0.281. The molecule has 0 aliphatic carbocycles. The molecule has 0 aliphatic rings. The molecule has 0 saturated carbocycles. The third kappa shape index (κ3) is 8.29. The molecule has 9 heteroatoms. The molecule has 31 heavy (non-hydrogen) atoms. The van der Waals surface area contributed by atoms with Gasteiger partial charge in [-0.1, -0.05) is 0 Å². The number of halogens is 1. The maximum Gasteiger partial charge on any atom is 0.251 e. The third-order valence-corrected chi connectivity index (χ3v) is 5.46. The van der Waals surface area contributed by atoms with E-state index in [0.717, 1.165) is 4.90 Å². The number of carbonyl (C=O) groups is 2. The van der Waals surface area contributed by atoms with Crippen molar-refractivity contribution < 1.29 is 23.8 Å². The smallest absolute Gasteiger partial charge is 0.251 e. The van der Waals surface area contributed by atoms with E-state index in [9.17, 15) is 19.1 Å². The van der Waals surface area contributed by atoms with Crippen LogP contribution in [0.25, 0.3) is 0 Å². The van der Waals surface area contributed by atoms with E-state index in [4.69, 9.17) is 4.74 Å². The topological polar surface area (TPSA) is 99.7 Å². The second-order valence-electron chi connectivity index (χ2n) is 7.57. The van der Waals surface area contributed by atoms with Crippen LogP contribution in [0.15, 0.2) is 53.4 Å². The molecule has 0 aliphatic heterocycles. The highest BCUT2D eigenvalue weighted by Gasteiger charge is 2.22. The normalized spacial score (nSPS) is 12.3. The van der Waals surface area contributed by atoms with Gasteiger partial charge < -0.3 is 20.5 Å². The average Bonchev–Trinajstić information content (AvgIpc) is 2.76. The van der Waals surface area contributed by atoms with Gasteiger partial charge in [0.25, 0.3) is 5.91 Å². The second-order valence-corrected chi connectivity index (χ2v) is 8.45. The fraction of sp³-hybridized carbons (Fsp3) is 0.364. The summed E-state index contributed by atoms with van der Waals surface area (Å²) >= 11 is 1.38. The predicted octanol–water partition coefficient (Wildman–Crippen LogP) is 2.97.